The third-order valence-electron chi connectivity index (χ3n) is 7.24. The van der Waals surface area contributed by atoms with Crippen LogP contribution in [0.1, 0.15) is 27.8 Å². The van der Waals surface area contributed by atoms with E-state index in [1.165, 1.54) is 71.6 Å². The Morgan fingerprint density at radius 2 is 0.677 bits per heavy atom. The molecular weight excluding hydrogens is 372 g/mol. The average Bonchev–Trinajstić information content (AvgIpc) is 2.81. The summed E-state index contributed by atoms with van der Waals surface area (Å²) in [6.45, 7) is 11.4. The van der Waals surface area contributed by atoms with E-state index in [4.69, 9.17) is 0 Å². The molecule has 0 heteroatoms. The van der Waals surface area contributed by atoms with E-state index >= 15 is 0 Å². The lowest BCUT2D eigenvalue weighted by Gasteiger charge is -2.23. The first-order valence-corrected chi connectivity index (χ1v) is 11.1. The molecular formula is C31H28. The average molecular weight is 401 g/mol. The third-order valence-corrected chi connectivity index (χ3v) is 7.24. The molecule has 0 aliphatic heterocycles. The zero-order chi connectivity index (χ0) is 21.7. The topological polar surface area (TPSA) is 0 Å². The van der Waals surface area contributed by atoms with Gasteiger partial charge in [-0.15, -0.1) is 0 Å². The molecule has 31 heavy (non-hydrogen) atoms. The van der Waals surface area contributed by atoms with Crippen LogP contribution in [0.15, 0.2) is 78.9 Å². The summed E-state index contributed by atoms with van der Waals surface area (Å²) < 4.78 is 0. The van der Waals surface area contributed by atoms with Crippen LogP contribution in [0.3, 0.4) is 0 Å². The minimum absolute atomic E-state index is 1.27. The summed E-state index contributed by atoms with van der Waals surface area (Å²) in [6, 6.07) is 28.7. The van der Waals surface area contributed by atoms with Crippen LogP contribution in [-0.2, 0) is 0 Å². The lowest BCUT2D eigenvalue weighted by Crippen LogP contribution is -2.01. The highest BCUT2D eigenvalue weighted by atomic mass is 14.2. The molecule has 5 rings (SSSR count). The maximum Gasteiger partial charge on any atom is -0.00208 e. The summed E-state index contributed by atoms with van der Waals surface area (Å²) in [5, 5.41) is 5.29. The molecule has 152 valence electrons. The van der Waals surface area contributed by atoms with Crippen LogP contribution in [-0.4, -0.2) is 0 Å². The number of hydrogen-bond acceptors (Lipinski definition) is 0. The summed E-state index contributed by atoms with van der Waals surface area (Å²) >= 11 is 0. The van der Waals surface area contributed by atoms with Gasteiger partial charge in [-0.2, -0.15) is 0 Å². The molecule has 0 aliphatic carbocycles. The van der Waals surface area contributed by atoms with Crippen molar-refractivity contribution < 1.29 is 0 Å². The van der Waals surface area contributed by atoms with Gasteiger partial charge in [0.2, 0.25) is 0 Å². The Bertz CT molecular complexity index is 1370. The van der Waals surface area contributed by atoms with Crippen molar-refractivity contribution in [3.63, 3.8) is 0 Å². The zero-order valence-electron chi connectivity index (χ0n) is 19.0. The smallest absolute Gasteiger partial charge is 0.00208 e. The molecule has 0 saturated carbocycles. The Kier molecular flexibility index (Phi) is 4.67. The standard InChI is InChI=1S/C31H28/c1-19-20(2)22(4)29(23(5)21(19)3)31-27-17-11-9-15-25(27)30(24-13-7-6-8-14-24)26-16-10-12-18-28(26)31/h6-18H,1-5H3. The molecule has 0 aliphatic rings. The molecule has 0 N–H and O–H groups in total. The number of hydrogen-bond donors (Lipinski definition) is 0. The van der Waals surface area contributed by atoms with Crippen LogP contribution in [0.5, 0.6) is 0 Å². The van der Waals surface area contributed by atoms with E-state index in [0.717, 1.165) is 0 Å². The normalized spacial score (nSPS) is 11.4. The largest absolute Gasteiger partial charge is 0.0622 e. The molecule has 5 aromatic rings. The van der Waals surface area contributed by atoms with Crippen molar-refractivity contribution in [2.75, 3.05) is 0 Å². The highest BCUT2D eigenvalue weighted by Crippen LogP contribution is 2.46. The molecule has 0 saturated heterocycles. The number of fused-ring (bicyclic) bond motifs is 2. The lowest BCUT2D eigenvalue weighted by molar-refractivity contribution is 1.18. The van der Waals surface area contributed by atoms with Gasteiger partial charge in [-0.3, -0.25) is 0 Å². The first-order valence-electron chi connectivity index (χ1n) is 11.1. The van der Waals surface area contributed by atoms with E-state index in [9.17, 15) is 0 Å². The minimum atomic E-state index is 1.27. The Morgan fingerprint density at radius 3 is 1.13 bits per heavy atom. The summed E-state index contributed by atoms with van der Waals surface area (Å²) in [5.41, 5.74) is 12.4. The zero-order valence-corrected chi connectivity index (χ0v) is 19.0. The first-order chi connectivity index (χ1) is 15.0. The second-order valence-electron chi connectivity index (χ2n) is 8.71. The van der Waals surface area contributed by atoms with Gasteiger partial charge < -0.3 is 0 Å². The molecule has 0 bridgehead atoms. The predicted octanol–water partition coefficient (Wildman–Crippen LogP) is 8.87. The third kappa shape index (κ3) is 2.90. The van der Waals surface area contributed by atoms with Gasteiger partial charge in [-0.1, -0.05) is 78.9 Å². The molecule has 0 spiro atoms. The number of benzene rings is 5. The van der Waals surface area contributed by atoms with E-state index < -0.39 is 0 Å². The van der Waals surface area contributed by atoms with Crippen molar-refractivity contribution >= 4 is 21.5 Å². The van der Waals surface area contributed by atoms with Crippen LogP contribution in [0, 0.1) is 34.6 Å². The Balaban J connectivity index is 2.05. The molecule has 5 aromatic carbocycles. The Labute approximate surface area is 185 Å². The first kappa shape index (κ1) is 19.6. The van der Waals surface area contributed by atoms with Gasteiger partial charge in [0.05, 0.1) is 0 Å². The van der Waals surface area contributed by atoms with Crippen LogP contribution in [0.25, 0.3) is 43.8 Å². The molecule has 0 aromatic heterocycles. The van der Waals surface area contributed by atoms with Crippen molar-refractivity contribution in [1.29, 1.82) is 0 Å². The molecule has 0 heterocycles. The van der Waals surface area contributed by atoms with Gasteiger partial charge in [0, 0.05) is 0 Å². The molecule has 0 fully saturated rings. The highest BCUT2D eigenvalue weighted by Gasteiger charge is 2.20. The monoisotopic (exact) mass is 400 g/mol. The minimum Gasteiger partial charge on any atom is -0.0622 e. The fraction of sp³-hybridized carbons (Fsp3) is 0.161. The van der Waals surface area contributed by atoms with E-state index in [1.807, 2.05) is 0 Å². The Hall–Kier alpha value is -3.38. The van der Waals surface area contributed by atoms with Gasteiger partial charge >= 0.3 is 0 Å². The van der Waals surface area contributed by atoms with Crippen molar-refractivity contribution in [2.24, 2.45) is 0 Å². The fourth-order valence-corrected chi connectivity index (χ4v) is 5.19. The summed E-state index contributed by atoms with van der Waals surface area (Å²) in [6.07, 6.45) is 0. The predicted molar refractivity (Wildman–Crippen MR) is 136 cm³/mol. The highest BCUT2D eigenvalue weighted by molar-refractivity contribution is 6.21. The van der Waals surface area contributed by atoms with Crippen LogP contribution < -0.4 is 0 Å². The van der Waals surface area contributed by atoms with Gasteiger partial charge in [-0.25, -0.2) is 0 Å². The van der Waals surface area contributed by atoms with Crippen molar-refractivity contribution in [1.82, 2.24) is 0 Å². The second kappa shape index (κ2) is 7.39. The van der Waals surface area contributed by atoms with E-state index in [1.54, 1.807) is 0 Å². The lowest BCUT2D eigenvalue weighted by atomic mass is 9.80. The maximum absolute atomic E-state index is 2.30. The van der Waals surface area contributed by atoms with Gasteiger partial charge in [0.1, 0.15) is 0 Å². The van der Waals surface area contributed by atoms with Crippen molar-refractivity contribution in [3.8, 4) is 22.3 Å². The van der Waals surface area contributed by atoms with Gasteiger partial charge in [0.25, 0.3) is 0 Å². The molecule has 0 amide bonds. The maximum atomic E-state index is 2.30. The summed E-state index contributed by atoms with van der Waals surface area (Å²) in [7, 11) is 0. The molecule has 0 radical (unpaired) electrons. The Morgan fingerprint density at radius 1 is 0.323 bits per heavy atom. The SMILES string of the molecule is Cc1c(C)c(C)c(-c2c3ccccc3c(-c3ccccc3)c3ccccc23)c(C)c1C. The second-order valence-corrected chi connectivity index (χ2v) is 8.71. The number of rotatable bonds is 2. The molecule has 0 atom stereocenters. The summed E-state index contributed by atoms with van der Waals surface area (Å²) in [4.78, 5) is 0. The van der Waals surface area contributed by atoms with Crippen LogP contribution in [0.2, 0.25) is 0 Å². The van der Waals surface area contributed by atoms with E-state index in [-0.39, 0.29) is 0 Å². The van der Waals surface area contributed by atoms with E-state index in [0.29, 0.717) is 0 Å². The van der Waals surface area contributed by atoms with Crippen LogP contribution in [0.4, 0.5) is 0 Å². The van der Waals surface area contributed by atoms with E-state index in [2.05, 4.69) is 113 Å². The molecule has 0 nitrogen and oxygen atoms in total. The van der Waals surface area contributed by atoms with Gasteiger partial charge in [0.15, 0.2) is 0 Å². The van der Waals surface area contributed by atoms with Crippen LogP contribution >= 0.6 is 0 Å². The quantitative estimate of drug-likeness (QED) is 0.260. The van der Waals surface area contributed by atoms with Crippen molar-refractivity contribution in [2.45, 2.75) is 34.6 Å². The molecule has 0 unspecified atom stereocenters. The fourth-order valence-electron chi connectivity index (χ4n) is 5.19. The van der Waals surface area contributed by atoms with Gasteiger partial charge in [-0.05, 0) is 106 Å². The summed E-state index contributed by atoms with van der Waals surface area (Å²) in [5.74, 6) is 0. The van der Waals surface area contributed by atoms with Crippen molar-refractivity contribution in [3.05, 3.63) is 107 Å².